The molecule has 2 heteroatoms. The van der Waals surface area contributed by atoms with E-state index in [0.29, 0.717) is 0 Å². The van der Waals surface area contributed by atoms with Crippen LogP contribution < -0.4 is 5.32 Å². The van der Waals surface area contributed by atoms with E-state index in [1.165, 1.54) is 25.7 Å². The van der Waals surface area contributed by atoms with Gasteiger partial charge in [-0.2, -0.15) is 0 Å². The highest BCUT2D eigenvalue weighted by molar-refractivity contribution is 4.75. The molecule has 1 fully saturated rings. The molecule has 0 aliphatic heterocycles. The number of rotatable bonds is 6. The third kappa shape index (κ3) is 4.97. The Bertz CT molecular complexity index is 138. The number of nitrogens with one attached hydrogen (secondary N) is 1. The van der Waals surface area contributed by atoms with E-state index in [-0.39, 0.29) is 0 Å². The minimum atomic E-state index is 0.778. The number of ether oxygens (including phenoxy) is 1. The molecule has 1 rings (SSSR count). The zero-order valence-electron chi connectivity index (χ0n) is 9.72. The van der Waals surface area contributed by atoms with Gasteiger partial charge in [0.15, 0.2) is 0 Å². The quantitative estimate of drug-likeness (QED) is 0.664. The third-order valence-corrected chi connectivity index (χ3v) is 3.04. The van der Waals surface area contributed by atoms with Gasteiger partial charge in [-0.05, 0) is 38.6 Å². The van der Waals surface area contributed by atoms with Crippen molar-refractivity contribution in [2.24, 2.45) is 5.92 Å². The summed E-state index contributed by atoms with van der Waals surface area (Å²) in [5, 5.41) is 3.63. The lowest BCUT2D eigenvalue weighted by atomic mass is 9.87. The smallest absolute Gasteiger partial charge is 0.0477 e. The molecule has 0 saturated heterocycles. The van der Waals surface area contributed by atoms with Gasteiger partial charge in [-0.25, -0.2) is 0 Å². The highest BCUT2D eigenvalue weighted by atomic mass is 16.5. The van der Waals surface area contributed by atoms with Crippen LogP contribution in [0.3, 0.4) is 0 Å². The molecule has 84 valence electrons. The molecule has 0 spiro atoms. The fraction of sp³-hybridized carbons (Fsp3) is 1.00. The summed E-state index contributed by atoms with van der Waals surface area (Å²) in [4.78, 5) is 0. The van der Waals surface area contributed by atoms with Gasteiger partial charge in [0.05, 0.1) is 0 Å². The lowest BCUT2D eigenvalue weighted by molar-refractivity contribution is 0.143. The van der Waals surface area contributed by atoms with Crippen molar-refractivity contribution in [2.45, 2.75) is 52.0 Å². The van der Waals surface area contributed by atoms with Gasteiger partial charge >= 0.3 is 0 Å². The molecule has 0 heterocycles. The first kappa shape index (κ1) is 12.0. The molecular formula is C12H25NO. The minimum Gasteiger partial charge on any atom is -0.382 e. The van der Waals surface area contributed by atoms with Crippen molar-refractivity contribution < 1.29 is 4.74 Å². The molecule has 1 N–H and O–H groups in total. The highest BCUT2D eigenvalue weighted by Crippen LogP contribution is 2.23. The highest BCUT2D eigenvalue weighted by Gasteiger charge is 2.17. The Morgan fingerprint density at radius 1 is 1.36 bits per heavy atom. The van der Waals surface area contributed by atoms with Crippen molar-refractivity contribution in [3.8, 4) is 0 Å². The van der Waals surface area contributed by atoms with Gasteiger partial charge in [-0.1, -0.05) is 19.8 Å². The molecule has 2 nitrogen and oxygen atoms in total. The van der Waals surface area contributed by atoms with Crippen LogP contribution in [0, 0.1) is 5.92 Å². The zero-order valence-corrected chi connectivity index (χ0v) is 9.72. The summed E-state index contributed by atoms with van der Waals surface area (Å²) in [6, 6.07) is 0.778. The van der Waals surface area contributed by atoms with E-state index in [0.717, 1.165) is 38.1 Å². The van der Waals surface area contributed by atoms with Gasteiger partial charge in [-0.3, -0.25) is 0 Å². The fourth-order valence-corrected chi connectivity index (χ4v) is 2.24. The minimum absolute atomic E-state index is 0.778. The van der Waals surface area contributed by atoms with Crippen LogP contribution in [-0.2, 0) is 4.74 Å². The third-order valence-electron chi connectivity index (χ3n) is 3.04. The second kappa shape index (κ2) is 7.24. The predicted molar refractivity (Wildman–Crippen MR) is 60.5 cm³/mol. The van der Waals surface area contributed by atoms with Crippen LogP contribution >= 0.6 is 0 Å². The van der Waals surface area contributed by atoms with Crippen molar-refractivity contribution in [3.63, 3.8) is 0 Å². The maximum Gasteiger partial charge on any atom is 0.0477 e. The van der Waals surface area contributed by atoms with Crippen LogP contribution in [0.5, 0.6) is 0 Å². The monoisotopic (exact) mass is 199 g/mol. The number of hydrogen-bond donors (Lipinski definition) is 1. The van der Waals surface area contributed by atoms with Crippen LogP contribution in [0.1, 0.15) is 46.0 Å². The normalized spacial score (nSPS) is 27.9. The molecule has 0 bridgehead atoms. The van der Waals surface area contributed by atoms with E-state index in [4.69, 9.17) is 4.74 Å². The van der Waals surface area contributed by atoms with Crippen LogP contribution in [0.25, 0.3) is 0 Å². The number of hydrogen-bond acceptors (Lipinski definition) is 2. The molecule has 0 aromatic carbocycles. The molecule has 0 aromatic heterocycles. The van der Waals surface area contributed by atoms with Crippen molar-refractivity contribution >= 4 is 0 Å². The SMILES string of the molecule is CCOCCCN[C@@H]1CCC[C@@H](C)C1. The van der Waals surface area contributed by atoms with E-state index in [1.54, 1.807) is 0 Å². The second-order valence-corrected chi connectivity index (χ2v) is 4.47. The maximum absolute atomic E-state index is 5.30. The molecule has 1 aliphatic carbocycles. The van der Waals surface area contributed by atoms with E-state index >= 15 is 0 Å². The maximum atomic E-state index is 5.30. The first-order chi connectivity index (χ1) is 6.83. The molecule has 0 aromatic rings. The molecule has 1 saturated carbocycles. The van der Waals surface area contributed by atoms with Gasteiger partial charge in [-0.15, -0.1) is 0 Å². The van der Waals surface area contributed by atoms with Crippen molar-refractivity contribution in [3.05, 3.63) is 0 Å². The van der Waals surface area contributed by atoms with Crippen LogP contribution in [-0.4, -0.2) is 25.8 Å². The summed E-state index contributed by atoms with van der Waals surface area (Å²) >= 11 is 0. The molecular weight excluding hydrogens is 174 g/mol. The zero-order chi connectivity index (χ0) is 10.2. The lowest BCUT2D eigenvalue weighted by Gasteiger charge is -2.27. The average Bonchev–Trinajstić information content (AvgIpc) is 2.18. The summed E-state index contributed by atoms with van der Waals surface area (Å²) in [5.74, 6) is 0.924. The Morgan fingerprint density at radius 3 is 2.93 bits per heavy atom. The lowest BCUT2D eigenvalue weighted by Crippen LogP contribution is -2.34. The van der Waals surface area contributed by atoms with Gasteiger partial charge in [0.2, 0.25) is 0 Å². The first-order valence-corrected chi connectivity index (χ1v) is 6.14. The first-order valence-electron chi connectivity index (χ1n) is 6.14. The van der Waals surface area contributed by atoms with Crippen LogP contribution in [0.4, 0.5) is 0 Å². The van der Waals surface area contributed by atoms with Crippen molar-refractivity contribution in [1.82, 2.24) is 5.32 Å². The standard InChI is InChI=1S/C12H25NO/c1-3-14-9-5-8-13-12-7-4-6-11(2)10-12/h11-13H,3-10H2,1-2H3/t11-,12-/m1/s1. The molecule has 0 radical (unpaired) electrons. The summed E-state index contributed by atoms with van der Waals surface area (Å²) in [7, 11) is 0. The van der Waals surface area contributed by atoms with Crippen LogP contribution in [0.15, 0.2) is 0 Å². The fourth-order valence-electron chi connectivity index (χ4n) is 2.24. The molecule has 2 atom stereocenters. The summed E-state index contributed by atoms with van der Waals surface area (Å²) in [6.45, 7) is 7.30. The van der Waals surface area contributed by atoms with E-state index in [1.807, 2.05) is 0 Å². The molecule has 1 aliphatic rings. The Morgan fingerprint density at radius 2 is 2.21 bits per heavy atom. The van der Waals surface area contributed by atoms with Gasteiger partial charge in [0.1, 0.15) is 0 Å². The Labute approximate surface area is 88.4 Å². The topological polar surface area (TPSA) is 21.3 Å². The van der Waals surface area contributed by atoms with Gasteiger partial charge in [0, 0.05) is 19.3 Å². The second-order valence-electron chi connectivity index (χ2n) is 4.47. The summed E-state index contributed by atoms with van der Waals surface area (Å²) in [5.41, 5.74) is 0. The predicted octanol–water partition coefficient (Wildman–Crippen LogP) is 2.58. The summed E-state index contributed by atoms with van der Waals surface area (Å²) < 4.78 is 5.30. The van der Waals surface area contributed by atoms with Crippen molar-refractivity contribution in [2.75, 3.05) is 19.8 Å². The van der Waals surface area contributed by atoms with Crippen molar-refractivity contribution in [1.29, 1.82) is 0 Å². The van der Waals surface area contributed by atoms with Gasteiger partial charge < -0.3 is 10.1 Å². The Balaban J connectivity index is 1.95. The average molecular weight is 199 g/mol. The van der Waals surface area contributed by atoms with E-state index in [2.05, 4.69) is 19.2 Å². The van der Waals surface area contributed by atoms with Crippen LogP contribution in [0.2, 0.25) is 0 Å². The van der Waals surface area contributed by atoms with E-state index < -0.39 is 0 Å². The summed E-state index contributed by atoms with van der Waals surface area (Å²) in [6.07, 6.45) is 6.73. The Hall–Kier alpha value is -0.0800. The largest absolute Gasteiger partial charge is 0.382 e. The van der Waals surface area contributed by atoms with E-state index in [9.17, 15) is 0 Å². The molecule has 14 heavy (non-hydrogen) atoms. The molecule has 0 unspecified atom stereocenters. The van der Waals surface area contributed by atoms with Gasteiger partial charge in [0.25, 0.3) is 0 Å². The Kier molecular flexibility index (Phi) is 6.20. The molecule has 0 amide bonds.